The van der Waals surface area contributed by atoms with Crippen molar-refractivity contribution in [1.82, 2.24) is 0 Å². The zero-order valence-corrected chi connectivity index (χ0v) is 9.20. The van der Waals surface area contributed by atoms with Crippen molar-refractivity contribution < 1.29 is 43.7 Å². The Balaban J connectivity index is 0. The summed E-state index contributed by atoms with van der Waals surface area (Å²) in [6, 6.07) is 0. The maximum absolute atomic E-state index is 10.9. The molecule has 11 heteroatoms. The summed E-state index contributed by atoms with van der Waals surface area (Å²) >= 11 is 0. The van der Waals surface area contributed by atoms with Gasteiger partial charge in [-0.2, -0.15) is 0 Å². The average molecular weight is 270 g/mol. The van der Waals surface area contributed by atoms with Gasteiger partial charge < -0.3 is 24.5 Å². The number of hydrogen-bond acceptors (Lipinski definition) is 7. The van der Waals surface area contributed by atoms with Crippen LogP contribution in [0.3, 0.4) is 0 Å². The summed E-state index contributed by atoms with van der Waals surface area (Å²) in [5.41, 5.74) is 0. The SMILES string of the molecule is O=C(O)CCC(=O)OB(O)OC(=O)CCC(=O)O.[LiH]. The summed E-state index contributed by atoms with van der Waals surface area (Å²) in [6.45, 7) is 0. The molecule has 0 radical (unpaired) electrons. The van der Waals surface area contributed by atoms with Crippen LogP contribution in [0.25, 0.3) is 0 Å². The molecule has 9 nitrogen and oxygen atoms in total. The average Bonchev–Trinajstić information content (AvgIpc) is 2.23. The van der Waals surface area contributed by atoms with E-state index in [1.807, 2.05) is 0 Å². The number of carbonyl (C=O) groups is 4. The molecule has 0 saturated heterocycles. The van der Waals surface area contributed by atoms with Gasteiger partial charge >= 0.3 is 38.1 Å². The number of carboxylic acid groups (broad SMARTS) is 2. The molecular weight excluding hydrogens is 258 g/mol. The van der Waals surface area contributed by atoms with Gasteiger partial charge in [0.1, 0.15) is 0 Å². The summed E-state index contributed by atoms with van der Waals surface area (Å²) < 4.78 is 8.28. The molecule has 102 valence electrons. The third-order valence-electron chi connectivity index (χ3n) is 1.55. The standard InChI is InChI=1S/C8H11BO9.Li.H/c10-5(11)1-3-7(14)17-9(16)18-8(15)4-2-6(12)13;;/h16H,1-4H2,(H,10,11)(H,12,13);;. The van der Waals surface area contributed by atoms with Gasteiger partial charge in [0.25, 0.3) is 11.9 Å². The van der Waals surface area contributed by atoms with Crippen LogP contribution in [-0.4, -0.2) is 65.3 Å². The van der Waals surface area contributed by atoms with Crippen LogP contribution >= 0.6 is 0 Å². The summed E-state index contributed by atoms with van der Waals surface area (Å²) in [5, 5.41) is 25.4. The predicted molar refractivity (Wildman–Crippen MR) is 61.0 cm³/mol. The summed E-state index contributed by atoms with van der Waals surface area (Å²) in [4.78, 5) is 42.0. The van der Waals surface area contributed by atoms with E-state index in [4.69, 9.17) is 15.2 Å². The second-order valence-corrected chi connectivity index (χ2v) is 3.07. The predicted octanol–water partition coefficient (Wildman–Crippen LogP) is -1.87. The number of rotatable bonds is 8. The molecule has 0 unspecified atom stereocenters. The molecule has 0 amide bonds. The van der Waals surface area contributed by atoms with Gasteiger partial charge in [0.15, 0.2) is 0 Å². The molecule has 0 aromatic heterocycles. The van der Waals surface area contributed by atoms with E-state index in [0.717, 1.165) is 0 Å². The van der Waals surface area contributed by atoms with Gasteiger partial charge in [-0.3, -0.25) is 19.2 Å². The first kappa shape index (κ1) is 19.8. The Morgan fingerprint density at radius 1 is 0.789 bits per heavy atom. The minimum atomic E-state index is -2.17. The topological polar surface area (TPSA) is 147 Å². The molecule has 0 fully saturated rings. The van der Waals surface area contributed by atoms with Crippen LogP contribution in [0.15, 0.2) is 0 Å². The van der Waals surface area contributed by atoms with E-state index in [1.54, 1.807) is 0 Å². The molecule has 0 aliphatic rings. The van der Waals surface area contributed by atoms with Crippen molar-refractivity contribution in [2.24, 2.45) is 0 Å². The van der Waals surface area contributed by atoms with Crippen molar-refractivity contribution in [1.29, 1.82) is 0 Å². The molecule has 0 aromatic rings. The second-order valence-electron chi connectivity index (χ2n) is 3.07. The Morgan fingerprint density at radius 3 is 1.37 bits per heavy atom. The normalized spacial score (nSPS) is 8.89. The number of carbonyl (C=O) groups excluding carboxylic acids is 2. The van der Waals surface area contributed by atoms with E-state index in [0.29, 0.717) is 0 Å². The van der Waals surface area contributed by atoms with Crippen molar-refractivity contribution >= 4 is 50.1 Å². The second kappa shape index (κ2) is 10.4. The Kier molecular flexibility index (Phi) is 10.9. The molecule has 0 aliphatic heterocycles. The number of hydrogen-bond donors (Lipinski definition) is 3. The van der Waals surface area contributed by atoms with Crippen LogP contribution in [0.2, 0.25) is 0 Å². The van der Waals surface area contributed by atoms with Crippen LogP contribution in [0.4, 0.5) is 0 Å². The van der Waals surface area contributed by atoms with Gasteiger partial charge in [0.05, 0.1) is 25.7 Å². The third-order valence-corrected chi connectivity index (χ3v) is 1.55. The molecule has 19 heavy (non-hydrogen) atoms. The van der Waals surface area contributed by atoms with Crippen LogP contribution in [0.1, 0.15) is 25.7 Å². The summed E-state index contributed by atoms with van der Waals surface area (Å²) in [7, 11) is -2.17. The molecule has 0 spiro atoms. The van der Waals surface area contributed by atoms with Gasteiger partial charge in [0.2, 0.25) is 0 Å². The van der Waals surface area contributed by atoms with Crippen LogP contribution in [0, 0.1) is 0 Å². The summed E-state index contributed by atoms with van der Waals surface area (Å²) in [6.07, 6.45) is -1.95. The van der Waals surface area contributed by atoms with Gasteiger partial charge in [-0.1, -0.05) is 0 Å². The fraction of sp³-hybridized carbons (Fsp3) is 0.500. The van der Waals surface area contributed by atoms with E-state index in [-0.39, 0.29) is 18.9 Å². The molecule has 0 atom stereocenters. The Morgan fingerprint density at radius 2 is 1.11 bits per heavy atom. The molecule has 0 aromatic carbocycles. The van der Waals surface area contributed by atoms with Gasteiger partial charge in [-0.25, -0.2) is 0 Å². The summed E-state index contributed by atoms with van der Waals surface area (Å²) in [5.74, 6) is -4.56. The van der Waals surface area contributed by atoms with E-state index >= 15 is 0 Å². The van der Waals surface area contributed by atoms with E-state index in [9.17, 15) is 19.2 Å². The Bertz CT molecular complexity index is 313. The fourth-order valence-electron chi connectivity index (χ4n) is 0.785. The first-order valence-corrected chi connectivity index (χ1v) is 4.82. The first-order chi connectivity index (χ1) is 8.31. The Labute approximate surface area is 120 Å². The van der Waals surface area contributed by atoms with E-state index < -0.39 is 56.9 Å². The Hall–Kier alpha value is -1.50. The zero-order valence-electron chi connectivity index (χ0n) is 9.20. The van der Waals surface area contributed by atoms with Crippen molar-refractivity contribution in [2.45, 2.75) is 25.7 Å². The zero-order chi connectivity index (χ0) is 14.1. The molecule has 3 N–H and O–H groups in total. The minimum absolute atomic E-state index is 0. The van der Waals surface area contributed by atoms with Gasteiger partial charge in [-0.05, 0) is 0 Å². The molecule has 0 rings (SSSR count). The molecule has 0 bridgehead atoms. The number of carboxylic acids is 2. The van der Waals surface area contributed by atoms with Crippen molar-refractivity contribution in [2.75, 3.05) is 0 Å². The van der Waals surface area contributed by atoms with Crippen molar-refractivity contribution in [3.8, 4) is 0 Å². The molecule has 0 aliphatic carbocycles. The number of aliphatic carboxylic acids is 2. The first-order valence-electron chi connectivity index (χ1n) is 4.82. The van der Waals surface area contributed by atoms with Gasteiger partial charge in [-0.15, -0.1) is 0 Å². The molecule has 0 heterocycles. The van der Waals surface area contributed by atoms with Gasteiger partial charge in [0, 0.05) is 0 Å². The fourth-order valence-corrected chi connectivity index (χ4v) is 0.785. The van der Waals surface area contributed by atoms with Crippen molar-refractivity contribution in [3.63, 3.8) is 0 Å². The monoisotopic (exact) mass is 270 g/mol. The maximum atomic E-state index is 10.9. The third kappa shape index (κ3) is 12.7. The van der Waals surface area contributed by atoms with Crippen molar-refractivity contribution in [3.05, 3.63) is 0 Å². The quantitative estimate of drug-likeness (QED) is 0.431. The van der Waals surface area contributed by atoms with E-state index in [1.165, 1.54) is 0 Å². The van der Waals surface area contributed by atoms with Crippen LogP contribution < -0.4 is 0 Å². The van der Waals surface area contributed by atoms with Crippen LogP contribution in [-0.2, 0) is 28.5 Å². The molecule has 0 saturated carbocycles. The van der Waals surface area contributed by atoms with E-state index in [2.05, 4.69) is 9.31 Å². The molecular formula is C8H12BLiO9. The van der Waals surface area contributed by atoms with Crippen LogP contribution in [0.5, 0.6) is 0 Å².